The molecule has 0 bridgehead atoms. The Labute approximate surface area is 119 Å². The van der Waals surface area contributed by atoms with Crippen molar-refractivity contribution in [3.63, 3.8) is 0 Å². The van der Waals surface area contributed by atoms with E-state index in [0.29, 0.717) is 23.0 Å². The van der Waals surface area contributed by atoms with E-state index in [0.717, 1.165) is 0 Å². The van der Waals surface area contributed by atoms with Gasteiger partial charge in [0.05, 0.1) is 13.7 Å². The molecule has 112 valence electrons. The second kappa shape index (κ2) is 7.75. The van der Waals surface area contributed by atoms with Crippen molar-refractivity contribution < 1.29 is 19.4 Å². The van der Waals surface area contributed by atoms with Crippen LogP contribution in [0.25, 0.3) is 0 Å². The molecule has 1 aromatic rings. The summed E-state index contributed by atoms with van der Waals surface area (Å²) in [4.78, 5) is 11.8. The molecule has 0 fully saturated rings. The molecule has 1 unspecified atom stereocenters. The van der Waals surface area contributed by atoms with Crippen LogP contribution in [0.2, 0.25) is 0 Å². The lowest BCUT2D eigenvalue weighted by Gasteiger charge is -2.18. The number of hydrogen-bond acceptors (Lipinski definition) is 4. The van der Waals surface area contributed by atoms with Gasteiger partial charge in [-0.05, 0) is 30.5 Å². The number of amides is 1. The van der Waals surface area contributed by atoms with Gasteiger partial charge in [0.15, 0.2) is 18.1 Å². The topological polar surface area (TPSA) is 67.8 Å². The predicted octanol–water partition coefficient (Wildman–Crippen LogP) is 1.73. The second-order valence-electron chi connectivity index (χ2n) is 5.03. The Bertz CT molecular complexity index is 445. The van der Waals surface area contributed by atoms with Gasteiger partial charge in [-0.25, -0.2) is 0 Å². The van der Waals surface area contributed by atoms with Crippen molar-refractivity contribution in [1.29, 1.82) is 0 Å². The Balaban J connectivity index is 2.62. The van der Waals surface area contributed by atoms with Crippen LogP contribution in [0.5, 0.6) is 11.5 Å². The number of ether oxygens (including phenoxy) is 2. The first-order valence-corrected chi connectivity index (χ1v) is 6.67. The third-order valence-corrected chi connectivity index (χ3v) is 3.16. The zero-order valence-electron chi connectivity index (χ0n) is 12.5. The monoisotopic (exact) mass is 281 g/mol. The second-order valence-corrected chi connectivity index (χ2v) is 5.03. The van der Waals surface area contributed by atoms with Crippen LogP contribution in [0.15, 0.2) is 18.2 Å². The number of benzene rings is 1. The molecule has 0 radical (unpaired) electrons. The fourth-order valence-electron chi connectivity index (χ4n) is 1.54. The molecular formula is C15H23NO4. The Morgan fingerprint density at radius 3 is 2.55 bits per heavy atom. The maximum absolute atomic E-state index is 11.8. The van der Waals surface area contributed by atoms with Gasteiger partial charge in [0.1, 0.15) is 0 Å². The van der Waals surface area contributed by atoms with Crippen LogP contribution in [-0.2, 0) is 11.4 Å². The maximum atomic E-state index is 11.8. The summed E-state index contributed by atoms with van der Waals surface area (Å²) in [6, 6.07) is 5.21. The predicted molar refractivity (Wildman–Crippen MR) is 76.9 cm³/mol. The highest BCUT2D eigenvalue weighted by Crippen LogP contribution is 2.27. The molecule has 5 heteroatoms. The molecule has 0 aliphatic heterocycles. The Morgan fingerprint density at radius 2 is 2.00 bits per heavy atom. The summed E-state index contributed by atoms with van der Waals surface area (Å²) < 4.78 is 10.6. The van der Waals surface area contributed by atoms with Crippen LogP contribution in [-0.4, -0.2) is 30.8 Å². The third-order valence-electron chi connectivity index (χ3n) is 3.16. The van der Waals surface area contributed by atoms with Gasteiger partial charge in [-0.3, -0.25) is 4.79 Å². The molecule has 1 aromatic carbocycles. The van der Waals surface area contributed by atoms with E-state index < -0.39 is 0 Å². The van der Waals surface area contributed by atoms with Gasteiger partial charge in [-0.15, -0.1) is 0 Å². The summed E-state index contributed by atoms with van der Waals surface area (Å²) in [5, 5.41) is 12.0. The Morgan fingerprint density at radius 1 is 1.30 bits per heavy atom. The number of aliphatic hydroxyl groups excluding tert-OH is 1. The minimum absolute atomic E-state index is 0.0810. The average molecular weight is 281 g/mol. The first-order chi connectivity index (χ1) is 9.47. The lowest BCUT2D eigenvalue weighted by Crippen LogP contribution is -2.38. The zero-order valence-corrected chi connectivity index (χ0v) is 12.5. The average Bonchev–Trinajstić information content (AvgIpc) is 2.44. The van der Waals surface area contributed by atoms with E-state index in [1.165, 1.54) is 7.11 Å². The highest BCUT2D eigenvalue weighted by Gasteiger charge is 2.12. The highest BCUT2D eigenvalue weighted by atomic mass is 16.5. The zero-order chi connectivity index (χ0) is 15.1. The Hall–Kier alpha value is -1.75. The van der Waals surface area contributed by atoms with Crippen LogP contribution >= 0.6 is 0 Å². The molecule has 1 rings (SSSR count). The third kappa shape index (κ3) is 4.74. The molecule has 0 aromatic heterocycles. The summed E-state index contributed by atoms with van der Waals surface area (Å²) in [6.45, 7) is 5.87. The number of rotatable bonds is 7. The van der Waals surface area contributed by atoms with Crippen LogP contribution in [0.4, 0.5) is 0 Å². The number of nitrogens with one attached hydrogen (secondary N) is 1. The van der Waals surface area contributed by atoms with Crippen LogP contribution in [0, 0.1) is 5.92 Å². The van der Waals surface area contributed by atoms with Gasteiger partial charge >= 0.3 is 0 Å². The summed E-state index contributed by atoms with van der Waals surface area (Å²) in [6.07, 6.45) is 0. The first kappa shape index (κ1) is 16.3. The molecule has 0 spiro atoms. The summed E-state index contributed by atoms with van der Waals surface area (Å²) in [7, 11) is 1.53. The molecule has 1 atom stereocenters. The minimum atomic E-state index is -0.178. The molecule has 0 saturated heterocycles. The van der Waals surface area contributed by atoms with Gasteiger partial charge in [-0.2, -0.15) is 0 Å². The number of carbonyl (C=O) groups is 1. The van der Waals surface area contributed by atoms with Crippen molar-refractivity contribution in [1.82, 2.24) is 5.32 Å². The molecule has 0 heterocycles. The maximum Gasteiger partial charge on any atom is 0.258 e. The molecule has 5 nitrogen and oxygen atoms in total. The summed E-state index contributed by atoms with van der Waals surface area (Å²) >= 11 is 0. The SMILES string of the molecule is COc1ccc(CO)cc1OCC(=O)NC(C)C(C)C. The summed E-state index contributed by atoms with van der Waals surface area (Å²) in [5.74, 6) is 1.17. The number of aliphatic hydroxyl groups is 1. The molecular weight excluding hydrogens is 258 g/mol. The van der Waals surface area contributed by atoms with E-state index in [9.17, 15) is 4.79 Å². The van der Waals surface area contributed by atoms with Crippen molar-refractivity contribution in [3.05, 3.63) is 23.8 Å². The quantitative estimate of drug-likeness (QED) is 0.798. The van der Waals surface area contributed by atoms with E-state index in [1.54, 1.807) is 18.2 Å². The Kier molecular flexibility index (Phi) is 6.31. The molecule has 1 amide bonds. The normalized spacial score (nSPS) is 12.1. The minimum Gasteiger partial charge on any atom is -0.493 e. The standard InChI is InChI=1S/C15H23NO4/c1-10(2)11(3)16-15(18)9-20-14-7-12(8-17)5-6-13(14)19-4/h5-7,10-11,17H,8-9H2,1-4H3,(H,16,18). The van der Waals surface area contributed by atoms with Crippen molar-refractivity contribution >= 4 is 5.91 Å². The molecule has 20 heavy (non-hydrogen) atoms. The van der Waals surface area contributed by atoms with Crippen LogP contribution in [0.3, 0.4) is 0 Å². The van der Waals surface area contributed by atoms with Gasteiger partial charge < -0.3 is 19.9 Å². The van der Waals surface area contributed by atoms with E-state index >= 15 is 0 Å². The van der Waals surface area contributed by atoms with E-state index in [4.69, 9.17) is 14.6 Å². The lowest BCUT2D eigenvalue weighted by atomic mass is 10.1. The smallest absolute Gasteiger partial charge is 0.258 e. The van der Waals surface area contributed by atoms with Gasteiger partial charge in [-0.1, -0.05) is 19.9 Å². The van der Waals surface area contributed by atoms with Crippen LogP contribution < -0.4 is 14.8 Å². The number of methoxy groups -OCH3 is 1. The van der Waals surface area contributed by atoms with Gasteiger partial charge in [0.2, 0.25) is 0 Å². The van der Waals surface area contributed by atoms with Crippen molar-refractivity contribution in [2.75, 3.05) is 13.7 Å². The molecule has 0 saturated carbocycles. The first-order valence-electron chi connectivity index (χ1n) is 6.67. The fourth-order valence-corrected chi connectivity index (χ4v) is 1.54. The lowest BCUT2D eigenvalue weighted by molar-refractivity contribution is -0.124. The van der Waals surface area contributed by atoms with E-state index in [1.807, 2.05) is 20.8 Å². The molecule has 0 aliphatic carbocycles. The summed E-state index contributed by atoms with van der Waals surface area (Å²) in [5.41, 5.74) is 0.705. The van der Waals surface area contributed by atoms with Crippen molar-refractivity contribution in [3.8, 4) is 11.5 Å². The van der Waals surface area contributed by atoms with Gasteiger partial charge in [0.25, 0.3) is 5.91 Å². The molecule has 0 aliphatic rings. The number of hydrogen-bond donors (Lipinski definition) is 2. The largest absolute Gasteiger partial charge is 0.493 e. The number of carbonyl (C=O) groups excluding carboxylic acids is 1. The van der Waals surface area contributed by atoms with Crippen molar-refractivity contribution in [2.45, 2.75) is 33.4 Å². The highest BCUT2D eigenvalue weighted by molar-refractivity contribution is 5.77. The van der Waals surface area contributed by atoms with Gasteiger partial charge in [0, 0.05) is 6.04 Å². The fraction of sp³-hybridized carbons (Fsp3) is 0.533. The van der Waals surface area contributed by atoms with E-state index in [2.05, 4.69) is 5.32 Å². The van der Waals surface area contributed by atoms with Crippen LogP contribution in [0.1, 0.15) is 26.3 Å². The van der Waals surface area contributed by atoms with Crippen molar-refractivity contribution in [2.24, 2.45) is 5.92 Å². The molecule has 2 N–H and O–H groups in total. The van der Waals surface area contributed by atoms with E-state index in [-0.39, 0.29) is 25.2 Å².